The molecule has 0 spiro atoms. The van der Waals surface area contributed by atoms with E-state index in [-0.39, 0.29) is 17.9 Å². The molecule has 0 fully saturated rings. The number of rotatable bonds is 3. The Morgan fingerprint density at radius 1 is 1.53 bits per heavy atom. The van der Waals surface area contributed by atoms with Crippen LogP contribution in [0.1, 0.15) is 49.8 Å². The average Bonchev–Trinajstić information content (AvgIpc) is 2.55. The van der Waals surface area contributed by atoms with E-state index in [1.807, 2.05) is 19.1 Å². The minimum Gasteiger partial charge on any atom is -0.325 e. The Labute approximate surface area is 110 Å². The molecule has 1 amide bonds. The zero-order valence-corrected chi connectivity index (χ0v) is 11.7. The van der Waals surface area contributed by atoms with Crippen molar-refractivity contribution in [2.75, 3.05) is 5.32 Å². The number of fused-ring (bicyclic) bond motifs is 1. The minimum absolute atomic E-state index is 0.0168. The molecule has 0 radical (unpaired) electrons. The number of hydrogen-bond acceptors (Lipinski definition) is 2. The molecule has 0 saturated carbocycles. The third-order valence-electron chi connectivity index (χ3n) is 3.27. The molecule has 17 heavy (non-hydrogen) atoms. The fraction of sp³-hybridized carbons (Fsp3) is 0.462. The Bertz CT molecular complexity index is 459. The zero-order chi connectivity index (χ0) is 12.6. The second kappa shape index (κ2) is 4.78. The lowest BCUT2D eigenvalue weighted by Gasteiger charge is -2.16. The Kier molecular flexibility index (Phi) is 3.54. The molecule has 3 N–H and O–H groups in total. The Morgan fingerprint density at radius 3 is 2.88 bits per heavy atom. The van der Waals surface area contributed by atoms with Gasteiger partial charge in [-0.15, -0.1) is 0 Å². The summed E-state index contributed by atoms with van der Waals surface area (Å²) in [5.74, 6) is -0.0295. The maximum absolute atomic E-state index is 11.7. The summed E-state index contributed by atoms with van der Waals surface area (Å²) >= 11 is 3.49. The molecule has 0 aliphatic carbocycles. The molecule has 1 aliphatic rings. The minimum atomic E-state index is -0.0879. The second-order valence-corrected chi connectivity index (χ2v) is 5.48. The van der Waals surface area contributed by atoms with Crippen molar-refractivity contribution in [3.8, 4) is 0 Å². The van der Waals surface area contributed by atoms with Crippen LogP contribution in [0.5, 0.6) is 0 Å². The standard InChI is InChI=1S/C13H17BrN2O/c1-3-4-11(15)10-6-8(14)5-9-7(2)13(17)16-12(9)10/h5-7,11H,3-4,15H2,1-2H3,(H,16,17). The highest BCUT2D eigenvalue weighted by molar-refractivity contribution is 9.10. The van der Waals surface area contributed by atoms with Crippen LogP contribution < -0.4 is 11.1 Å². The lowest BCUT2D eigenvalue weighted by Crippen LogP contribution is -2.13. The van der Waals surface area contributed by atoms with Crippen LogP contribution in [0.2, 0.25) is 0 Å². The molecule has 1 aromatic carbocycles. The maximum atomic E-state index is 11.7. The summed E-state index contributed by atoms with van der Waals surface area (Å²) in [4.78, 5) is 11.7. The van der Waals surface area contributed by atoms with E-state index in [0.29, 0.717) is 0 Å². The van der Waals surface area contributed by atoms with Gasteiger partial charge in [0.15, 0.2) is 0 Å². The van der Waals surface area contributed by atoms with Gasteiger partial charge in [0.1, 0.15) is 0 Å². The molecule has 0 saturated heterocycles. The van der Waals surface area contributed by atoms with Crippen molar-refractivity contribution >= 4 is 27.5 Å². The van der Waals surface area contributed by atoms with Crippen LogP contribution in [-0.2, 0) is 4.79 Å². The predicted molar refractivity (Wildman–Crippen MR) is 73.0 cm³/mol. The fourth-order valence-electron chi connectivity index (χ4n) is 2.27. The number of anilines is 1. The van der Waals surface area contributed by atoms with Crippen molar-refractivity contribution in [3.63, 3.8) is 0 Å². The van der Waals surface area contributed by atoms with E-state index in [1.165, 1.54) is 0 Å². The summed E-state index contributed by atoms with van der Waals surface area (Å²) in [6.45, 7) is 4.03. The summed E-state index contributed by atoms with van der Waals surface area (Å²) in [6, 6.07) is 3.99. The first-order chi connectivity index (χ1) is 8.04. The first-order valence-electron chi connectivity index (χ1n) is 5.94. The van der Waals surface area contributed by atoms with Crippen LogP contribution in [0.4, 0.5) is 5.69 Å². The van der Waals surface area contributed by atoms with Crippen molar-refractivity contribution in [2.45, 2.75) is 38.6 Å². The van der Waals surface area contributed by atoms with Crippen molar-refractivity contribution in [1.29, 1.82) is 0 Å². The molecule has 4 heteroatoms. The van der Waals surface area contributed by atoms with Gasteiger partial charge in [0.2, 0.25) is 5.91 Å². The van der Waals surface area contributed by atoms with Crippen LogP contribution in [-0.4, -0.2) is 5.91 Å². The van der Waals surface area contributed by atoms with E-state index >= 15 is 0 Å². The number of hydrogen-bond donors (Lipinski definition) is 2. The normalized spacial score (nSPS) is 20.0. The van der Waals surface area contributed by atoms with E-state index in [2.05, 4.69) is 28.2 Å². The highest BCUT2D eigenvalue weighted by atomic mass is 79.9. The summed E-state index contributed by atoms with van der Waals surface area (Å²) in [6.07, 6.45) is 1.96. The number of amides is 1. The van der Waals surface area contributed by atoms with Crippen LogP contribution in [0.25, 0.3) is 0 Å². The van der Waals surface area contributed by atoms with Gasteiger partial charge in [0.25, 0.3) is 0 Å². The van der Waals surface area contributed by atoms with Gasteiger partial charge in [-0.3, -0.25) is 4.79 Å². The summed E-state index contributed by atoms with van der Waals surface area (Å²) < 4.78 is 0.987. The van der Waals surface area contributed by atoms with Crippen molar-refractivity contribution < 1.29 is 4.79 Å². The number of nitrogens with two attached hydrogens (primary N) is 1. The van der Waals surface area contributed by atoms with Gasteiger partial charge in [-0.2, -0.15) is 0 Å². The Hall–Kier alpha value is -0.870. The van der Waals surface area contributed by atoms with Crippen molar-refractivity contribution in [1.82, 2.24) is 0 Å². The van der Waals surface area contributed by atoms with Crippen LogP contribution in [0.15, 0.2) is 16.6 Å². The predicted octanol–water partition coefficient (Wildman–Crippen LogP) is 3.30. The summed E-state index contributed by atoms with van der Waals surface area (Å²) in [5.41, 5.74) is 9.17. The molecule has 1 aromatic rings. The summed E-state index contributed by atoms with van der Waals surface area (Å²) in [5, 5.41) is 2.94. The second-order valence-electron chi connectivity index (χ2n) is 4.57. The van der Waals surface area contributed by atoms with E-state index in [0.717, 1.165) is 34.1 Å². The van der Waals surface area contributed by atoms with Gasteiger partial charge in [-0.05, 0) is 36.6 Å². The molecule has 0 bridgehead atoms. The monoisotopic (exact) mass is 296 g/mol. The van der Waals surface area contributed by atoms with Gasteiger partial charge in [0.05, 0.1) is 5.92 Å². The average molecular weight is 297 g/mol. The molecular formula is C13H17BrN2O. The van der Waals surface area contributed by atoms with Gasteiger partial charge < -0.3 is 11.1 Å². The van der Waals surface area contributed by atoms with Gasteiger partial charge in [-0.25, -0.2) is 0 Å². The highest BCUT2D eigenvalue weighted by Gasteiger charge is 2.30. The van der Waals surface area contributed by atoms with E-state index in [9.17, 15) is 4.79 Å². The van der Waals surface area contributed by atoms with Gasteiger partial charge in [0, 0.05) is 16.2 Å². The van der Waals surface area contributed by atoms with Crippen LogP contribution >= 0.6 is 15.9 Å². The van der Waals surface area contributed by atoms with E-state index < -0.39 is 0 Å². The first kappa shape index (κ1) is 12.6. The third-order valence-corrected chi connectivity index (χ3v) is 3.73. The fourth-order valence-corrected chi connectivity index (χ4v) is 2.76. The molecule has 1 aliphatic heterocycles. The molecule has 92 valence electrons. The number of halogens is 1. The number of benzene rings is 1. The molecule has 0 aromatic heterocycles. The molecular weight excluding hydrogens is 280 g/mol. The van der Waals surface area contributed by atoms with E-state index in [4.69, 9.17) is 5.73 Å². The van der Waals surface area contributed by atoms with E-state index in [1.54, 1.807) is 0 Å². The SMILES string of the molecule is CCCC(N)c1cc(Br)cc2c1NC(=O)C2C. The largest absolute Gasteiger partial charge is 0.325 e. The van der Waals surface area contributed by atoms with Gasteiger partial charge >= 0.3 is 0 Å². The number of carbonyl (C=O) groups excluding carboxylic acids is 1. The molecule has 2 unspecified atom stereocenters. The first-order valence-corrected chi connectivity index (χ1v) is 6.73. The van der Waals surface area contributed by atoms with Crippen molar-refractivity contribution in [2.24, 2.45) is 5.73 Å². The lowest BCUT2D eigenvalue weighted by atomic mass is 9.95. The third kappa shape index (κ3) is 2.24. The van der Waals surface area contributed by atoms with Crippen molar-refractivity contribution in [3.05, 3.63) is 27.7 Å². The van der Waals surface area contributed by atoms with Gasteiger partial charge in [-0.1, -0.05) is 29.3 Å². The zero-order valence-electron chi connectivity index (χ0n) is 10.1. The summed E-state index contributed by atoms with van der Waals surface area (Å²) in [7, 11) is 0. The number of carbonyl (C=O) groups is 1. The topological polar surface area (TPSA) is 55.1 Å². The lowest BCUT2D eigenvalue weighted by molar-refractivity contribution is -0.116. The molecule has 2 rings (SSSR count). The smallest absolute Gasteiger partial charge is 0.231 e. The maximum Gasteiger partial charge on any atom is 0.231 e. The molecule has 1 heterocycles. The molecule has 2 atom stereocenters. The highest BCUT2D eigenvalue weighted by Crippen LogP contribution is 2.40. The Balaban J connectivity index is 2.48. The number of nitrogens with one attached hydrogen (secondary N) is 1. The van der Waals surface area contributed by atoms with Crippen LogP contribution in [0.3, 0.4) is 0 Å². The molecule has 3 nitrogen and oxygen atoms in total. The Morgan fingerprint density at radius 2 is 2.24 bits per heavy atom. The van der Waals surface area contributed by atoms with Crippen LogP contribution in [0, 0.1) is 0 Å². The quantitative estimate of drug-likeness (QED) is 0.899.